The van der Waals surface area contributed by atoms with Crippen molar-refractivity contribution in [2.75, 3.05) is 20.8 Å². The van der Waals surface area contributed by atoms with Crippen LogP contribution in [0.2, 0.25) is 0 Å². The zero-order valence-corrected chi connectivity index (χ0v) is 18.3. The number of para-hydroxylation sites is 1. The second-order valence-corrected chi connectivity index (χ2v) is 7.36. The number of aromatic nitrogens is 2. The molecule has 168 valence electrons. The second-order valence-electron chi connectivity index (χ2n) is 7.36. The highest BCUT2D eigenvalue weighted by Gasteiger charge is 2.12. The minimum absolute atomic E-state index is 0.300. The van der Waals surface area contributed by atoms with Gasteiger partial charge in [-0.2, -0.15) is 0 Å². The normalized spacial score (nSPS) is 10.7. The number of hydrogen-bond donors (Lipinski definition) is 2. The Morgan fingerprint density at radius 2 is 1.70 bits per heavy atom. The molecule has 0 radical (unpaired) electrons. The lowest BCUT2D eigenvalue weighted by Gasteiger charge is -2.10. The van der Waals surface area contributed by atoms with Crippen LogP contribution in [0.1, 0.15) is 15.9 Å². The molecule has 1 heterocycles. The minimum atomic E-state index is -0.565. The van der Waals surface area contributed by atoms with Gasteiger partial charge in [0.25, 0.3) is 11.5 Å². The van der Waals surface area contributed by atoms with Crippen LogP contribution in [0, 0.1) is 0 Å². The van der Waals surface area contributed by atoms with Gasteiger partial charge in [-0.1, -0.05) is 24.3 Å². The SMILES string of the molecule is COc1ccc(CCNC(=O)c2ccc3c(=O)n(-c4ccccc4)c(=O)[nH]c3c2)cc1OC. The molecule has 3 aromatic carbocycles. The molecule has 0 aliphatic heterocycles. The first-order valence-electron chi connectivity index (χ1n) is 10.4. The van der Waals surface area contributed by atoms with E-state index in [4.69, 9.17) is 9.47 Å². The molecular formula is C25H23N3O5. The molecule has 0 aliphatic carbocycles. The summed E-state index contributed by atoms with van der Waals surface area (Å²) in [4.78, 5) is 40.8. The van der Waals surface area contributed by atoms with Crippen molar-refractivity contribution >= 4 is 16.8 Å². The van der Waals surface area contributed by atoms with Crippen molar-refractivity contribution in [3.8, 4) is 17.2 Å². The molecule has 0 spiro atoms. The maximum Gasteiger partial charge on any atom is 0.333 e. The zero-order chi connectivity index (χ0) is 23.4. The Bertz CT molecular complexity index is 1420. The van der Waals surface area contributed by atoms with Crippen molar-refractivity contribution < 1.29 is 14.3 Å². The van der Waals surface area contributed by atoms with Crippen molar-refractivity contribution in [3.63, 3.8) is 0 Å². The molecule has 0 saturated carbocycles. The van der Waals surface area contributed by atoms with E-state index in [2.05, 4.69) is 10.3 Å². The Labute approximate surface area is 189 Å². The third-order valence-electron chi connectivity index (χ3n) is 5.32. The lowest BCUT2D eigenvalue weighted by atomic mass is 10.1. The predicted molar refractivity (Wildman–Crippen MR) is 126 cm³/mol. The van der Waals surface area contributed by atoms with Crippen molar-refractivity contribution in [1.29, 1.82) is 0 Å². The number of ether oxygens (including phenoxy) is 2. The molecule has 0 atom stereocenters. The average Bonchev–Trinajstić information content (AvgIpc) is 2.84. The third kappa shape index (κ3) is 4.50. The van der Waals surface area contributed by atoms with E-state index in [1.807, 2.05) is 18.2 Å². The number of nitrogens with one attached hydrogen (secondary N) is 2. The molecule has 4 aromatic rings. The molecule has 4 rings (SSSR count). The van der Waals surface area contributed by atoms with Gasteiger partial charge in [-0.3, -0.25) is 9.59 Å². The fraction of sp³-hybridized carbons (Fsp3) is 0.160. The third-order valence-corrected chi connectivity index (χ3v) is 5.32. The molecule has 2 N–H and O–H groups in total. The summed E-state index contributed by atoms with van der Waals surface area (Å²) >= 11 is 0. The van der Waals surface area contributed by atoms with Gasteiger partial charge >= 0.3 is 5.69 Å². The zero-order valence-electron chi connectivity index (χ0n) is 18.3. The number of rotatable bonds is 7. The number of carbonyl (C=O) groups is 1. The monoisotopic (exact) mass is 445 g/mol. The van der Waals surface area contributed by atoms with Crippen LogP contribution in [0.5, 0.6) is 11.5 Å². The predicted octanol–water partition coefficient (Wildman–Crippen LogP) is 2.67. The van der Waals surface area contributed by atoms with E-state index in [0.717, 1.165) is 10.1 Å². The standard InChI is InChI=1S/C25H23N3O5/c1-32-21-11-8-16(14-22(21)33-2)12-13-26-23(29)17-9-10-19-20(15-17)27-25(31)28(24(19)30)18-6-4-3-5-7-18/h3-11,14-15H,12-13H2,1-2H3,(H,26,29)(H,27,31). The van der Waals surface area contributed by atoms with Crippen LogP contribution < -0.4 is 26.0 Å². The van der Waals surface area contributed by atoms with Crippen LogP contribution >= 0.6 is 0 Å². The van der Waals surface area contributed by atoms with Crippen molar-refractivity contribution in [3.05, 3.63) is 98.7 Å². The summed E-state index contributed by atoms with van der Waals surface area (Å²) in [6.45, 7) is 0.401. The highest BCUT2D eigenvalue weighted by Crippen LogP contribution is 2.27. The average molecular weight is 445 g/mol. The number of carbonyl (C=O) groups excluding carboxylic acids is 1. The van der Waals surface area contributed by atoms with Gasteiger partial charge < -0.3 is 19.8 Å². The van der Waals surface area contributed by atoms with Crippen LogP contribution in [0.25, 0.3) is 16.6 Å². The van der Waals surface area contributed by atoms with E-state index in [-0.39, 0.29) is 5.91 Å². The summed E-state index contributed by atoms with van der Waals surface area (Å²) in [7, 11) is 3.15. The largest absolute Gasteiger partial charge is 0.493 e. The summed E-state index contributed by atoms with van der Waals surface area (Å²) in [6, 6.07) is 18.9. The molecule has 0 unspecified atom stereocenters. The fourth-order valence-corrected chi connectivity index (χ4v) is 3.63. The quantitative estimate of drug-likeness (QED) is 0.455. The van der Waals surface area contributed by atoms with Gasteiger partial charge in [-0.05, 0) is 54.4 Å². The highest BCUT2D eigenvalue weighted by molar-refractivity contribution is 5.97. The van der Waals surface area contributed by atoms with E-state index in [1.165, 1.54) is 6.07 Å². The number of H-pyrrole nitrogens is 1. The summed E-state index contributed by atoms with van der Waals surface area (Å²) in [6.07, 6.45) is 0.596. The van der Waals surface area contributed by atoms with E-state index in [0.29, 0.717) is 46.6 Å². The number of nitrogens with zero attached hydrogens (tertiary/aromatic N) is 1. The Morgan fingerprint density at radius 1 is 0.939 bits per heavy atom. The summed E-state index contributed by atoms with van der Waals surface area (Å²) < 4.78 is 11.6. The van der Waals surface area contributed by atoms with Crippen LogP contribution in [-0.2, 0) is 6.42 Å². The van der Waals surface area contributed by atoms with Gasteiger partial charge in [0.15, 0.2) is 11.5 Å². The van der Waals surface area contributed by atoms with Crippen LogP contribution in [-0.4, -0.2) is 36.2 Å². The second kappa shape index (κ2) is 9.44. The number of fused-ring (bicyclic) bond motifs is 1. The van der Waals surface area contributed by atoms with Crippen LogP contribution in [0.4, 0.5) is 0 Å². The molecule has 0 bridgehead atoms. The Balaban J connectivity index is 1.51. The highest BCUT2D eigenvalue weighted by atomic mass is 16.5. The van der Waals surface area contributed by atoms with Gasteiger partial charge in [-0.25, -0.2) is 9.36 Å². The molecule has 1 aromatic heterocycles. The lowest BCUT2D eigenvalue weighted by Crippen LogP contribution is -2.33. The summed E-state index contributed by atoms with van der Waals surface area (Å²) in [5.74, 6) is 0.966. The number of methoxy groups -OCH3 is 2. The minimum Gasteiger partial charge on any atom is -0.493 e. The van der Waals surface area contributed by atoms with Crippen LogP contribution in [0.15, 0.2) is 76.3 Å². The number of hydrogen-bond acceptors (Lipinski definition) is 5. The molecule has 8 nitrogen and oxygen atoms in total. The van der Waals surface area contributed by atoms with Crippen molar-refractivity contribution in [2.45, 2.75) is 6.42 Å². The van der Waals surface area contributed by atoms with Crippen molar-refractivity contribution in [2.24, 2.45) is 0 Å². The van der Waals surface area contributed by atoms with E-state index >= 15 is 0 Å². The smallest absolute Gasteiger partial charge is 0.333 e. The molecule has 0 saturated heterocycles. The number of amides is 1. The van der Waals surface area contributed by atoms with Crippen molar-refractivity contribution in [1.82, 2.24) is 14.9 Å². The van der Waals surface area contributed by atoms with Gasteiger partial charge in [0.1, 0.15) is 0 Å². The first-order chi connectivity index (χ1) is 16.0. The van der Waals surface area contributed by atoms with Crippen LogP contribution in [0.3, 0.4) is 0 Å². The molecule has 1 amide bonds. The van der Waals surface area contributed by atoms with E-state index in [1.54, 1.807) is 56.7 Å². The number of aromatic amines is 1. The van der Waals surface area contributed by atoms with Gasteiger partial charge in [0.2, 0.25) is 0 Å². The van der Waals surface area contributed by atoms with Gasteiger partial charge in [0.05, 0.1) is 30.8 Å². The molecular weight excluding hydrogens is 422 g/mol. The summed E-state index contributed by atoms with van der Waals surface area (Å²) in [5.41, 5.74) is 1.11. The molecule has 8 heteroatoms. The van der Waals surface area contributed by atoms with E-state index < -0.39 is 11.2 Å². The Kier molecular flexibility index (Phi) is 6.26. The Hall–Kier alpha value is -4.33. The number of benzene rings is 3. The first kappa shape index (κ1) is 21.9. The fourth-order valence-electron chi connectivity index (χ4n) is 3.63. The topological polar surface area (TPSA) is 102 Å². The summed E-state index contributed by atoms with van der Waals surface area (Å²) in [5, 5.41) is 3.18. The van der Waals surface area contributed by atoms with Gasteiger partial charge in [-0.15, -0.1) is 0 Å². The van der Waals surface area contributed by atoms with Gasteiger partial charge in [0, 0.05) is 12.1 Å². The van der Waals surface area contributed by atoms with E-state index in [9.17, 15) is 14.4 Å². The molecule has 0 fully saturated rings. The molecule has 33 heavy (non-hydrogen) atoms. The lowest BCUT2D eigenvalue weighted by molar-refractivity contribution is 0.0954. The maximum absolute atomic E-state index is 12.9. The molecule has 0 aliphatic rings. The first-order valence-corrected chi connectivity index (χ1v) is 10.4. The maximum atomic E-state index is 12.9. The Morgan fingerprint density at radius 3 is 2.42 bits per heavy atom.